The lowest BCUT2D eigenvalue weighted by Crippen LogP contribution is -2.08. The third-order valence-corrected chi connectivity index (χ3v) is 4.25. The first kappa shape index (κ1) is 16.8. The number of esters is 1. The van der Waals surface area contributed by atoms with E-state index in [0.717, 1.165) is 22.8 Å². The van der Waals surface area contributed by atoms with Crippen LogP contribution in [0, 0.1) is 13.8 Å². The molecule has 1 heterocycles. The Hall–Kier alpha value is -3.08. The van der Waals surface area contributed by atoms with Gasteiger partial charge in [0.15, 0.2) is 0 Å². The zero-order valence-corrected chi connectivity index (χ0v) is 14.7. The number of rotatable bonds is 4. The number of carbonyl (C=O) groups excluding carboxylic acids is 1. The van der Waals surface area contributed by atoms with Crippen molar-refractivity contribution in [1.29, 1.82) is 0 Å². The largest absolute Gasteiger partial charge is 0.497 e. The molecule has 0 amide bonds. The van der Waals surface area contributed by atoms with Gasteiger partial charge in [0.25, 0.3) is 0 Å². The third kappa shape index (κ3) is 3.40. The van der Waals surface area contributed by atoms with Gasteiger partial charge in [-0.2, -0.15) is 0 Å². The number of hydrogen-bond donors (Lipinski definition) is 0. The molecule has 0 saturated carbocycles. The maximum Gasteiger partial charge on any atom is 0.343 e. The average molecular weight is 336 g/mol. The van der Waals surface area contributed by atoms with Crippen molar-refractivity contribution in [3.8, 4) is 22.9 Å². The molecule has 25 heavy (non-hydrogen) atoms. The van der Waals surface area contributed by atoms with Gasteiger partial charge in [0.2, 0.25) is 0 Å². The lowest BCUT2D eigenvalue weighted by molar-refractivity contribution is 0.0734. The summed E-state index contributed by atoms with van der Waals surface area (Å²) in [6.07, 6.45) is 0. The van der Waals surface area contributed by atoms with Crippen LogP contribution in [0.4, 0.5) is 0 Å². The minimum absolute atomic E-state index is 0.410. The van der Waals surface area contributed by atoms with Crippen LogP contribution in [0.25, 0.3) is 11.4 Å². The van der Waals surface area contributed by atoms with E-state index in [-0.39, 0.29) is 0 Å². The number of hydrogen-bond acceptors (Lipinski definition) is 4. The summed E-state index contributed by atoms with van der Waals surface area (Å²) >= 11 is 0. The Morgan fingerprint density at radius 3 is 2.32 bits per heavy atom. The first-order valence-corrected chi connectivity index (χ1v) is 7.96. The van der Waals surface area contributed by atoms with Crippen molar-refractivity contribution >= 4 is 5.97 Å². The molecule has 0 atom stereocenters. The zero-order chi connectivity index (χ0) is 18.0. The smallest absolute Gasteiger partial charge is 0.343 e. The fourth-order valence-electron chi connectivity index (χ4n) is 2.56. The maximum atomic E-state index is 12.3. The molecule has 0 fully saturated rings. The highest BCUT2D eigenvalue weighted by Crippen LogP contribution is 2.23. The lowest BCUT2D eigenvalue weighted by Gasteiger charge is -2.07. The molecule has 0 unspecified atom stereocenters. The van der Waals surface area contributed by atoms with Crippen LogP contribution < -0.4 is 9.47 Å². The number of aryl methyl sites for hydroxylation is 1. The Balaban J connectivity index is 1.79. The number of nitrogens with zero attached hydrogens (tertiary/aromatic N) is 2. The van der Waals surface area contributed by atoms with E-state index >= 15 is 0 Å². The molecule has 128 valence electrons. The first-order valence-electron chi connectivity index (χ1n) is 7.96. The first-order chi connectivity index (χ1) is 12.0. The summed E-state index contributed by atoms with van der Waals surface area (Å²) in [6, 6.07) is 14.2. The number of imidazole rings is 1. The Morgan fingerprint density at radius 2 is 1.72 bits per heavy atom. The number of methoxy groups -OCH3 is 1. The summed E-state index contributed by atoms with van der Waals surface area (Å²) in [5, 5.41) is 0. The standard InChI is InChI=1S/C20H20N2O3/c1-13-14(2)22(3)19(21-13)15-8-10-16(11-9-15)20(23)25-18-7-5-6-17(12-18)24-4/h5-12H,1-4H3. The van der Waals surface area contributed by atoms with Crippen LogP contribution in [-0.2, 0) is 7.05 Å². The third-order valence-electron chi connectivity index (χ3n) is 4.25. The van der Waals surface area contributed by atoms with Gasteiger partial charge < -0.3 is 14.0 Å². The van der Waals surface area contributed by atoms with Crippen LogP contribution >= 0.6 is 0 Å². The van der Waals surface area contributed by atoms with E-state index in [9.17, 15) is 4.79 Å². The van der Waals surface area contributed by atoms with Gasteiger partial charge in [0, 0.05) is 24.4 Å². The SMILES string of the molecule is COc1cccc(OC(=O)c2ccc(-c3nc(C)c(C)n3C)cc2)c1. The summed E-state index contributed by atoms with van der Waals surface area (Å²) < 4.78 is 12.6. The second kappa shape index (κ2) is 6.81. The van der Waals surface area contributed by atoms with Crippen LogP contribution in [-0.4, -0.2) is 22.6 Å². The van der Waals surface area contributed by atoms with Crippen molar-refractivity contribution in [2.45, 2.75) is 13.8 Å². The molecule has 2 aromatic carbocycles. The fourth-order valence-corrected chi connectivity index (χ4v) is 2.56. The highest BCUT2D eigenvalue weighted by Gasteiger charge is 2.13. The van der Waals surface area contributed by atoms with Crippen LogP contribution in [0.2, 0.25) is 0 Å². The van der Waals surface area contributed by atoms with Crippen LogP contribution in [0.15, 0.2) is 48.5 Å². The molecule has 3 rings (SSSR count). The molecule has 3 aromatic rings. The normalized spacial score (nSPS) is 10.6. The van der Waals surface area contributed by atoms with Crippen molar-refractivity contribution in [3.63, 3.8) is 0 Å². The Labute approximate surface area is 146 Å². The van der Waals surface area contributed by atoms with E-state index in [2.05, 4.69) is 4.98 Å². The minimum atomic E-state index is -0.410. The molecule has 1 aromatic heterocycles. The van der Waals surface area contributed by atoms with Crippen molar-refractivity contribution in [1.82, 2.24) is 9.55 Å². The minimum Gasteiger partial charge on any atom is -0.497 e. The monoisotopic (exact) mass is 336 g/mol. The quantitative estimate of drug-likeness (QED) is 0.535. The molecule has 0 aliphatic carbocycles. The van der Waals surface area contributed by atoms with Crippen LogP contribution in [0.1, 0.15) is 21.7 Å². The van der Waals surface area contributed by atoms with Gasteiger partial charge in [-0.3, -0.25) is 0 Å². The molecule has 0 bridgehead atoms. The fraction of sp³-hybridized carbons (Fsp3) is 0.200. The second-order valence-electron chi connectivity index (χ2n) is 5.81. The van der Waals surface area contributed by atoms with Gasteiger partial charge in [0.1, 0.15) is 17.3 Å². The molecule has 0 spiro atoms. The number of benzene rings is 2. The van der Waals surface area contributed by atoms with Crippen molar-refractivity contribution in [2.75, 3.05) is 7.11 Å². The predicted molar refractivity (Wildman–Crippen MR) is 96.1 cm³/mol. The topological polar surface area (TPSA) is 53.4 Å². The summed E-state index contributed by atoms with van der Waals surface area (Å²) in [4.78, 5) is 16.9. The van der Waals surface area contributed by atoms with Gasteiger partial charge in [-0.25, -0.2) is 9.78 Å². The van der Waals surface area contributed by atoms with Gasteiger partial charge in [-0.15, -0.1) is 0 Å². The highest BCUT2D eigenvalue weighted by atomic mass is 16.5. The molecular weight excluding hydrogens is 316 g/mol. The van der Waals surface area contributed by atoms with Crippen molar-refractivity contribution in [3.05, 3.63) is 65.5 Å². The van der Waals surface area contributed by atoms with Gasteiger partial charge in [-0.1, -0.05) is 18.2 Å². The summed E-state index contributed by atoms with van der Waals surface area (Å²) in [5.41, 5.74) is 3.56. The summed E-state index contributed by atoms with van der Waals surface area (Å²) in [7, 11) is 3.55. The van der Waals surface area contributed by atoms with Crippen LogP contribution in [0.3, 0.4) is 0 Å². The number of ether oxygens (including phenoxy) is 2. The summed E-state index contributed by atoms with van der Waals surface area (Å²) in [6.45, 7) is 4.02. The Kier molecular flexibility index (Phi) is 4.57. The molecule has 0 N–H and O–H groups in total. The molecule has 5 heteroatoms. The van der Waals surface area contributed by atoms with Crippen molar-refractivity contribution < 1.29 is 14.3 Å². The van der Waals surface area contributed by atoms with E-state index < -0.39 is 5.97 Å². The lowest BCUT2D eigenvalue weighted by atomic mass is 10.1. The van der Waals surface area contributed by atoms with Gasteiger partial charge >= 0.3 is 5.97 Å². The highest BCUT2D eigenvalue weighted by molar-refractivity contribution is 5.91. The number of carbonyl (C=O) groups is 1. The zero-order valence-electron chi connectivity index (χ0n) is 14.7. The second-order valence-corrected chi connectivity index (χ2v) is 5.81. The predicted octanol–water partition coefficient (Wildman–Crippen LogP) is 3.93. The van der Waals surface area contributed by atoms with E-state index in [1.54, 1.807) is 43.5 Å². The summed E-state index contributed by atoms with van der Waals surface area (Å²) in [5.74, 6) is 1.56. The van der Waals surface area contributed by atoms with Gasteiger partial charge in [0.05, 0.1) is 18.4 Å². The van der Waals surface area contributed by atoms with Crippen LogP contribution in [0.5, 0.6) is 11.5 Å². The van der Waals surface area contributed by atoms with Crippen molar-refractivity contribution in [2.24, 2.45) is 7.05 Å². The number of aromatic nitrogens is 2. The Morgan fingerprint density at radius 1 is 1.04 bits per heavy atom. The molecular formula is C20H20N2O3. The van der Waals surface area contributed by atoms with E-state index in [1.165, 1.54) is 0 Å². The maximum absolute atomic E-state index is 12.3. The molecule has 0 radical (unpaired) electrons. The molecule has 0 aliphatic heterocycles. The molecule has 0 saturated heterocycles. The van der Waals surface area contributed by atoms with E-state index in [1.807, 2.05) is 37.6 Å². The molecule has 5 nitrogen and oxygen atoms in total. The van der Waals surface area contributed by atoms with Gasteiger partial charge in [-0.05, 0) is 38.1 Å². The van der Waals surface area contributed by atoms with E-state index in [4.69, 9.17) is 9.47 Å². The average Bonchev–Trinajstić information content (AvgIpc) is 2.89. The Bertz CT molecular complexity index is 911. The molecule has 0 aliphatic rings. The van der Waals surface area contributed by atoms with E-state index in [0.29, 0.717) is 17.1 Å².